The van der Waals surface area contributed by atoms with E-state index in [1.54, 1.807) is 6.07 Å². The number of nitrogens with one attached hydrogen (secondary N) is 1. The first-order valence-corrected chi connectivity index (χ1v) is 6.85. The Balaban J connectivity index is 1.81. The molecule has 19 heavy (non-hydrogen) atoms. The van der Waals surface area contributed by atoms with Crippen LogP contribution in [0.4, 0.5) is 0 Å². The van der Waals surface area contributed by atoms with E-state index in [1.807, 2.05) is 18.2 Å². The zero-order valence-electron chi connectivity index (χ0n) is 11.6. The Labute approximate surface area is 114 Å². The summed E-state index contributed by atoms with van der Waals surface area (Å²) < 4.78 is 11.4. The van der Waals surface area contributed by atoms with Crippen molar-refractivity contribution in [3.05, 3.63) is 29.8 Å². The summed E-state index contributed by atoms with van der Waals surface area (Å²) in [5.74, 6) is 0.672. The van der Waals surface area contributed by atoms with Gasteiger partial charge >= 0.3 is 0 Å². The van der Waals surface area contributed by atoms with Crippen molar-refractivity contribution in [1.82, 2.24) is 0 Å². The van der Waals surface area contributed by atoms with Crippen LogP contribution in [0.3, 0.4) is 0 Å². The molecule has 1 saturated heterocycles. The fourth-order valence-corrected chi connectivity index (χ4v) is 2.61. The molecule has 0 spiro atoms. The van der Waals surface area contributed by atoms with Crippen LogP contribution in [0.1, 0.15) is 24.2 Å². The molecule has 1 aliphatic rings. The summed E-state index contributed by atoms with van der Waals surface area (Å²) in [7, 11) is 0. The smallest absolute Gasteiger partial charge is 0.153 e. The number of para-hydroxylation sites is 1. The molecule has 104 valence electrons. The molecule has 0 amide bonds. The number of morpholine rings is 1. The van der Waals surface area contributed by atoms with Crippen LogP contribution in [0.5, 0.6) is 5.75 Å². The predicted molar refractivity (Wildman–Crippen MR) is 72.9 cm³/mol. The topological polar surface area (TPSA) is 40.0 Å². The summed E-state index contributed by atoms with van der Waals surface area (Å²) in [6.07, 6.45) is 1.45. The van der Waals surface area contributed by atoms with Crippen molar-refractivity contribution in [2.75, 3.05) is 26.2 Å². The third kappa shape index (κ3) is 4.04. The van der Waals surface area contributed by atoms with Crippen molar-refractivity contribution in [2.45, 2.75) is 26.1 Å². The van der Waals surface area contributed by atoms with Gasteiger partial charge in [0.05, 0.1) is 5.56 Å². The van der Waals surface area contributed by atoms with E-state index < -0.39 is 0 Å². The van der Waals surface area contributed by atoms with E-state index in [1.165, 1.54) is 4.90 Å². The van der Waals surface area contributed by atoms with Crippen LogP contribution in [0.15, 0.2) is 24.3 Å². The molecule has 0 radical (unpaired) electrons. The molecule has 1 aliphatic heterocycles. The van der Waals surface area contributed by atoms with Gasteiger partial charge in [-0.25, -0.2) is 0 Å². The summed E-state index contributed by atoms with van der Waals surface area (Å²) in [4.78, 5) is 12.4. The van der Waals surface area contributed by atoms with E-state index in [9.17, 15) is 4.79 Å². The zero-order chi connectivity index (χ0) is 13.7. The number of hydrogen-bond donors (Lipinski definition) is 1. The fourth-order valence-electron chi connectivity index (χ4n) is 2.61. The highest BCUT2D eigenvalue weighted by Gasteiger charge is 2.25. The van der Waals surface area contributed by atoms with Gasteiger partial charge in [0.2, 0.25) is 0 Å². The average molecular weight is 264 g/mol. The first-order valence-electron chi connectivity index (χ1n) is 6.85. The Bertz CT molecular complexity index is 412. The second kappa shape index (κ2) is 6.68. The monoisotopic (exact) mass is 264 g/mol. The van der Waals surface area contributed by atoms with Crippen LogP contribution in [0, 0.1) is 0 Å². The van der Waals surface area contributed by atoms with Crippen molar-refractivity contribution < 1.29 is 19.2 Å². The summed E-state index contributed by atoms with van der Waals surface area (Å²) in [6.45, 7) is 7.81. The minimum Gasteiger partial charge on any atom is -0.487 e. The van der Waals surface area contributed by atoms with Crippen molar-refractivity contribution >= 4 is 6.29 Å². The number of rotatable bonds is 5. The van der Waals surface area contributed by atoms with Gasteiger partial charge in [-0.3, -0.25) is 4.79 Å². The van der Waals surface area contributed by atoms with Gasteiger partial charge in [0.1, 0.15) is 44.2 Å². The van der Waals surface area contributed by atoms with Gasteiger partial charge in [0, 0.05) is 0 Å². The van der Waals surface area contributed by atoms with E-state index >= 15 is 0 Å². The third-order valence-electron chi connectivity index (χ3n) is 3.38. The van der Waals surface area contributed by atoms with Gasteiger partial charge < -0.3 is 14.4 Å². The second-order valence-electron chi connectivity index (χ2n) is 5.17. The van der Waals surface area contributed by atoms with E-state index in [0.29, 0.717) is 30.1 Å². The first kappa shape index (κ1) is 14.0. The largest absolute Gasteiger partial charge is 0.487 e. The van der Waals surface area contributed by atoms with Gasteiger partial charge in [-0.2, -0.15) is 0 Å². The maximum atomic E-state index is 10.9. The summed E-state index contributed by atoms with van der Waals surface area (Å²) in [6, 6.07) is 7.33. The Morgan fingerprint density at radius 1 is 1.32 bits per heavy atom. The Kier molecular flexibility index (Phi) is 4.93. The van der Waals surface area contributed by atoms with E-state index in [4.69, 9.17) is 9.47 Å². The fraction of sp³-hybridized carbons (Fsp3) is 0.533. The lowest BCUT2D eigenvalue weighted by Crippen LogP contribution is -3.16. The minimum absolute atomic E-state index is 0.306. The lowest BCUT2D eigenvalue weighted by molar-refractivity contribution is -0.915. The molecule has 1 heterocycles. The predicted octanol–water partition coefficient (Wildman–Crippen LogP) is 0.570. The Morgan fingerprint density at radius 3 is 2.68 bits per heavy atom. The van der Waals surface area contributed by atoms with Gasteiger partial charge in [-0.05, 0) is 26.0 Å². The Morgan fingerprint density at radius 2 is 2.00 bits per heavy atom. The van der Waals surface area contributed by atoms with Crippen molar-refractivity contribution in [3.63, 3.8) is 0 Å². The molecular weight excluding hydrogens is 242 g/mol. The third-order valence-corrected chi connectivity index (χ3v) is 3.38. The van der Waals surface area contributed by atoms with E-state index in [0.717, 1.165) is 25.9 Å². The molecular formula is C15H22NO3+. The maximum Gasteiger partial charge on any atom is 0.153 e. The van der Waals surface area contributed by atoms with Gasteiger partial charge in [-0.1, -0.05) is 12.1 Å². The lowest BCUT2D eigenvalue weighted by Gasteiger charge is -2.32. The molecule has 0 saturated carbocycles. The molecule has 1 aromatic rings. The van der Waals surface area contributed by atoms with Crippen LogP contribution in [0.25, 0.3) is 0 Å². The molecule has 1 N–H and O–H groups in total. The van der Waals surface area contributed by atoms with E-state index in [-0.39, 0.29) is 0 Å². The van der Waals surface area contributed by atoms with Gasteiger partial charge in [0.15, 0.2) is 6.29 Å². The van der Waals surface area contributed by atoms with Crippen LogP contribution in [0.2, 0.25) is 0 Å². The number of quaternary nitrogens is 1. The molecule has 2 rings (SSSR count). The first-order chi connectivity index (χ1) is 9.19. The summed E-state index contributed by atoms with van der Waals surface area (Å²) in [5, 5.41) is 0. The lowest BCUT2D eigenvalue weighted by atomic mass is 10.2. The molecule has 1 aromatic carbocycles. The number of hydrogen-bond acceptors (Lipinski definition) is 3. The number of benzene rings is 1. The van der Waals surface area contributed by atoms with Crippen LogP contribution in [-0.2, 0) is 4.74 Å². The molecule has 0 unspecified atom stereocenters. The van der Waals surface area contributed by atoms with Crippen molar-refractivity contribution in [1.29, 1.82) is 0 Å². The van der Waals surface area contributed by atoms with Crippen LogP contribution in [-0.4, -0.2) is 44.7 Å². The average Bonchev–Trinajstić information content (AvgIpc) is 2.38. The van der Waals surface area contributed by atoms with Crippen LogP contribution >= 0.6 is 0 Å². The quantitative estimate of drug-likeness (QED) is 0.790. The maximum absolute atomic E-state index is 10.9. The normalized spacial score (nSPS) is 26.9. The number of ether oxygens (including phenoxy) is 2. The SMILES string of the molecule is C[C@H]1C[NH+](CCOc2ccccc2C=O)C[C@H](C)O1. The molecule has 4 heteroatoms. The number of aldehydes is 1. The van der Waals surface area contributed by atoms with Gasteiger partial charge in [0.25, 0.3) is 0 Å². The standard InChI is InChI=1S/C15H21NO3/c1-12-9-16(10-13(2)19-12)7-8-18-15-6-4-3-5-14(15)11-17/h3-6,11-13H,7-10H2,1-2H3/p+1/t12-,13-/m0/s1. The Hall–Kier alpha value is -1.39. The molecule has 2 atom stereocenters. The molecule has 1 fully saturated rings. The highest BCUT2D eigenvalue weighted by atomic mass is 16.5. The van der Waals surface area contributed by atoms with Crippen LogP contribution < -0.4 is 9.64 Å². The number of carbonyl (C=O) groups excluding carboxylic acids is 1. The highest BCUT2D eigenvalue weighted by molar-refractivity contribution is 5.79. The summed E-state index contributed by atoms with van der Waals surface area (Å²) >= 11 is 0. The van der Waals surface area contributed by atoms with Gasteiger partial charge in [-0.15, -0.1) is 0 Å². The summed E-state index contributed by atoms with van der Waals surface area (Å²) in [5.41, 5.74) is 0.612. The zero-order valence-corrected chi connectivity index (χ0v) is 11.6. The molecule has 0 aromatic heterocycles. The molecule has 0 bridgehead atoms. The van der Waals surface area contributed by atoms with Crippen molar-refractivity contribution in [3.8, 4) is 5.75 Å². The molecule has 4 nitrogen and oxygen atoms in total. The minimum atomic E-state index is 0.306. The highest BCUT2D eigenvalue weighted by Crippen LogP contribution is 2.14. The second-order valence-corrected chi connectivity index (χ2v) is 5.17. The van der Waals surface area contributed by atoms with E-state index in [2.05, 4.69) is 13.8 Å². The van der Waals surface area contributed by atoms with Crippen molar-refractivity contribution in [2.24, 2.45) is 0 Å². The molecule has 0 aliphatic carbocycles. The number of carbonyl (C=O) groups is 1.